The van der Waals surface area contributed by atoms with Crippen molar-refractivity contribution in [3.8, 4) is 0 Å². The lowest BCUT2D eigenvalue weighted by Crippen LogP contribution is -2.49. The van der Waals surface area contributed by atoms with Crippen molar-refractivity contribution in [3.63, 3.8) is 0 Å². The molecule has 2 rings (SSSR count). The lowest BCUT2D eigenvalue weighted by molar-refractivity contribution is -0.137. The van der Waals surface area contributed by atoms with E-state index in [2.05, 4.69) is 24.5 Å². The second-order valence-corrected chi connectivity index (χ2v) is 6.62. The minimum atomic E-state index is -0.845. The van der Waals surface area contributed by atoms with Crippen LogP contribution in [0.2, 0.25) is 0 Å². The van der Waals surface area contributed by atoms with Gasteiger partial charge in [-0.3, -0.25) is 4.79 Å². The zero-order valence-electron chi connectivity index (χ0n) is 12.4. The predicted octanol–water partition coefficient (Wildman–Crippen LogP) is 2.36. The Labute approximate surface area is 120 Å². The van der Waals surface area contributed by atoms with Crippen molar-refractivity contribution in [1.29, 1.82) is 0 Å². The number of aliphatic carboxylic acids is 1. The zero-order valence-corrected chi connectivity index (χ0v) is 12.4. The summed E-state index contributed by atoms with van der Waals surface area (Å²) in [4.78, 5) is 22.8. The third-order valence-corrected chi connectivity index (χ3v) is 4.84. The lowest BCUT2D eigenvalue weighted by atomic mass is 9.79. The van der Waals surface area contributed by atoms with E-state index in [1.165, 1.54) is 0 Å². The molecule has 0 saturated heterocycles. The van der Waals surface area contributed by atoms with Gasteiger partial charge in [-0.25, -0.2) is 4.79 Å². The molecule has 0 aliphatic heterocycles. The van der Waals surface area contributed by atoms with Crippen molar-refractivity contribution in [2.45, 2.75) is 64.5 Å². The summed E-state index contributed by atoms with van der Waals surface area (Å²) in [6.07, 6.45) is 5.25. The maximum atomic E-state index is 12.0. The third kappa shape index (κ3) is 4.39. The molecule has 5 heteroatoms. The summed E-state index contributed by atoms with van der Waals surface area (Å²) < 4.78 is 0. The summed E-state index contributed by atoms with van der Waals surface area (Å²) in [5.74, 6) is 0.860. The molecule has 0 aromatic carbocycles. The molecule has 2 aliphatic rings. The van der Waals surface area contributed by atoms with E-state index in [1.54, 1.807) is 0 Å². The Balaban J connectivity index is 1.77. The Kier molecular flexibility index (Phi) is 4.89. The van der Waals surface area contributed by atoms with E-state index in [4.69, 9.17) is 5.11 Å². The number of hydrogen-bond acceptors (Lipinski definition) is 2. The number of amides is 2. The topological polar surface area (TPSA) is 78.4 Å². The first-order valence-electron chi connectivity index (χ1n) is 7.74. The minimum absolute atomic E-state index is 0.0240. The van der Waals surface area contributed by atoms with Gasteiger partial charge in [0, 0.05) is 12.1 Å². The highest BCUT2D eigenvalue weighted by molar-refractivity contribution is 5.76. The number of urea groups is 1. The van der Waals surface area contributed by atoms with Gasteiger partial charge in [0.05, 0.1) is 6.42 Å². The highest BCUT2D eigenvalue weighted by atomic mass is 16.4. The van der Waals surface area contributed by atoms with Crippen LogP contribution < -0.4 is 10.6 Å². The van der Waals surface area contributed by atoms with Gasteiger partial charge >= 0.3 is 12.0 Å². The van der Waals surface area contributed by atoms with Crippen molar-refractivity contribution in [2.24, 2.45) is 17.8 Å². The van der Waals surface area contributed by atoms with E-state index in [9.17, 15) is 9.59 Å². The van der Waals surface area contributed by atoms with Crippen LogP contribution in [-0.4, -0.2) is 29.2 Å². The van der Waals surface area contributed by atoms with Crippen molar-refractivity contribution in [1.82, 2.24) is 10.6 Å². The van der Waals surface area contributed by atoms with Gasteiger partial charge in [0.2, 0.25) is 0 Å². The maximum Gasteiger partial charge on any atom is 0.315 e. The molecule has 0 radical (unpaired) electrons. The second kappa shape index (κ2) is 6.46. The summed E-state index contributed by atoms with van der Waals surface area (Å²) >= 11 is 0. The molecule has 0 aromatic heterocycles. The number of rotatable bonds is 5. The molecule has 2 saturated carbocycles. The monoisotopic (exact) mass is 282 g/mol. The molecule has 3 N–H and O–H groups in total. The molecule has 0 aromatic rings. The predicted molar refractivity (Wildman–Crippen MR) is 76.4 cm³/mol. The number of carboxylic acids is 1. The largest absolute Gasteiger partial charge is 0.481 e. The first kappa shape index (κ1) is 15.1. The molecule has 5 nitrogen and oxygen atoms in total. The van der Waals surface area contributed by atoms with E-state index in [0.29, 0.717) is 11.8 Å². The zero-order chi connectivity index (χ0) is 14.7. The summed E-state index contributed by atoms with van der Waals surface area (Å²) in [5, 5.41) is 14.8. The second-order valence-electron chi connectivity index (χ2n) is 6.62. The van der Waals surface area contributed by atoms with E-state index in [0.717, 1.165) is 38.0 Å². The average Bonchev–Trinajstić information content (AvgIpc) is 3.16. The van der Waals surface area contributed by atoms with Crippen molar-refractivity contribution in [2.75, 3.05) is 0 Å². The Morgan fingerprint density at radius 2 is 1.85 bits per heavy atom. The van der Waals surface area contributed by atoms with Gasteiger partial charge in [0.15, 0.2) is 0 Å². The van der Waals surface area contributed by atoms with Gasteiger partial charge in [0.1, 0.15) is 0 Å². The molecule has 2 amide bonds. The Morgan fingerprint density at radius 3 is 2.40 bits per heavy atom. The van der Waals surface area contributed by atoms with Gasteiger partial charge in [0.25, 0.3) is 0 Å². The van der Waals surface area contributed by atoms with Crippen molar-refractivity contribution < 1.29 is 14.7 Å². The fourth-order valence-electron chi connectivity index (χ4n) is 3.10. The van der Waals surface area contributed by atoms with Gasteiger partial charge < -0.3 is 15.7 Å². The van der Waals surface area contributed by atoms with Gasteiger partial charge in [-0.15, -0.1) is 0 Å². The number of carbonyl (C=O) groups excluding carboxylic acids is 1. The molecule has 4 unspecified atom stereocenters. The van der Waals surface area contributed by atoms with E-state index < -0.39 is 5.97 Å². The van der Waals surface area contributed by atoms with Crippen LogP contribution in [0.4, 0.5) is 4.79 Å². The number of carbonyl (C=O) groups is 2. The lowest BCUT2D eigenvalue weighted by Gasteiger charge is -2.32. The molecular weight excluding hydrogens is 256 g/mol. The molecule has 2 aliphatic carbocycles. The van der Waals surface area contributed by atoms with Crippen LogP contribution in [0.15, 0.2) is 0 Å². The molecular formula is C15H26N2O3. The van der Waals surface area contributed by atoms with Crippen LogP contribution in [0.1, 0.15) is 52.4 Å². The Morgan fingerprint density at radius 1 is 1.15 bits per heavy atom. The van der Waals surface area contributed by atoms with Crippen LogP contribution in [0, 0.1) is 17.8 Å². The first-order chi connectivity index (χ1) is 9.45. The number of nitrogens with one attached hydrogen (secondary N) is 2. The van der Waals surface area contributed by atoms with Crippen molar-refractivity contribution >= 4 is 12.0 Å². The standard InChI is InChI=1S/C15H26N2O3/c1-9-3-6-12(7-10(9)2)16-15(20)17-13(8-14(18)19)11-4-5-11/h9-13H,3-8H2,1-2H3,(H,18,19)(H2,16,17,20). The van der Waals surface area contributed by atoms with Crippen molar-refractivity contribution in [3.05, 3.63) is 0 Å². The quantitative estimate of drug-likeness (QED) is 0.724. The molecule has 0 bridgehead atoms. The van der Waals surface area contributed by atoms with Gasteiger partial charge in [-0.1, -0.05) is 13.8 Å². The fourth-order valence-corrected chi connectivity index (χ4v) is 3.10. The van der Waals surface area contributed by atoms with E-state index in [1.807, 2.05) is 0 Å². The van der Waals surface area contributed by atoms with E-state index >= 15 is 0 Å². The van der Waals surface area contributed by atoms with Crippen LogP contribution in [0.5, 0.6) is 0 Å². The fraction of sp³-hybridized carbons (Fsp3) is 0.867. The summed E-state index contributed by atoms with van der Waals surface area (Å²) in [6, 6.07) is -0.187. The molecule has 4 atom stereocenters. The summed E-state index contributed by atoms with van der Waals surface area (Å²) in [5.41, 5.74) is 0. The van der Waals surface area contributed by atoms with E-state index in [-0.39, 0.29) is 24.5 Å². The summed E-state index contributed by atoms with van der Waals surface area (Å²) in [6.45, 7) is 4.49. The summed E-state index contributed by atoms with van der Waals surface area (Å²) in [7, 11) is 0. The third-order valence-electron chi connectivity index (χ3n) is 4.84. The highest BCUT2D eigenvalue weighted by Crippen LogP contribution is 2.34. The van der Waals surface area contributed by atoms with Gasteiger partial charge in [-0.2, -0.15) is 0 Å². The van der Waals surface area contributed by atoms with Crippen LogP contribution in [0.3, 0.4) is 0 Å². The first-order valence-corrected chi connectivity index (χ1v) is 7.74. The molecule has 0 heterocycles. The van der Waals surface area contributed by atoms with Gasteiger partial charge in [-0.05, 0) is 49.9 Å². The maximum absolute atomic E-state index is 12.0. The molecule has 114 valence electrons. The Bertz CT molecular complexity index is 368. The Hall–Kier alpha value is -1.26. The molecule has 20 heavy (non-hydrogen) atoms. The smallest absolute Gasteiger partial charge is 0.315 e. The van der Waals surface area contributed by atoms with Crippen LogP contribution in [-0.2, 0) is 4.79 Å². The number of hydrogen-bond donors (Lipinski definition) is 3. The van der Waals surface area contributed by atoms with Crippen LogP contribution in [0.25, 0.3) is 0 Å². The SMILES string of the molecule is CC1CCC(NC(=O)NC(CC(=O)O)C2CC2)CC1C. The molecule has 2 fully saturated rings. The highest BCUT2D eigenvalue weighted by Gasteiger charge is 2.34. The molecule has 0 spiro atoms. The minimum Gasteiger partial charge on any atom is -0.481 e. The average molecular weight is 282 g/mol. The number of carboxylic acid groups (broad SMARTS) is 1. The van der Waals surface area contributed by atoms with Crippen LogP contribution >= 0.6 is 0 Å². The normalized spacial score (nSPS) is 31.4.